The highest BCUT2D eigenvalue weighted by Gasteiger charge is 2.28. The molecule has 0 radical (unpaired) electrons. The summed E-state index contributed by atoms with van der Waals surface area (Å²) in [5.74, 6) is 1.18. The minimum absolute atomic E-state index is 0.143. The molecular weight excluding hydrogens is 384 g/mol. The van der Waals surface area contributed by atoms with E-state index in [2.05, 4.69) is 20.2 Å². The van der Waals surface area contributed by atoms with E-state index < -0.39 is 5.60 Å². The molecule has 0 spiro atoms. The molecule has 3 rings (SSSR count). The van der Waals surface area contributed by atoms with Crippen molar-refractivity contribution >= 4 is 35.0 Å². The summed E-state index contributed by atoms with van der Waals surface area (Å²) in [6.45, 7) is 9.52. The molecule has 0 unspecified atom stereocenters. The zero-order valence-corrected chi connectivity index (χ0v) is 17.5. The Labute approximate surface area is 170 Å². The predicted molar refractivity (Wildman–Crippen MR) is 109 cm³/mol. The molecule has 2 fully saturated rings. The van der Waals surface area contributed by atoms with Crippen LogP contribution in [0.25, 0.3) is 0 Å². The number of nitrogen functional groups attached to an aromatic ring is 1. The Kier molecular flexibility index (Phi) is 6.34. The normalized spacial score (nSPS) is 18.9. The van der Waals surface area contributed by atoms with Crippen LogP contribution in [0.5, 0.6) is 0 Å². The van der Waals surface area contributed by atoms with Gasteiger partial charge in [-0.15, -0.1) is 0 Å². The molecule has 0 aromatic carbocycles. The first-order chi connectivity index (χ1) is 13.2. The fraction of sp³-hybridized carbons (Fsp3) is 0.722. The molecule has 156 valence electrons. The third kappa shape index (κ3) is 5.29. The van der Waals surface area contributed by atoms with Gasteiger partial charge in [0.05, 0.1) is 13.2 Å². The molecule has 1 aromatic rings. The van der Waals surface area contributed by atoms with Crippen molar-refractivity contribution in [3.63, 3.8) is 0 Å². The topological polar surface area (TPSA) is 106 Å². The van der Waals surface area contributed by atoms with Crippen LogP contribution in [0.3, 0.4) is 0 Å². The number of ether oxygens (including phenoxy) is 2. The minimum Gasteiger partial charge on any atom is -0.444 e. The number of anilines is 3. The van der Waals surface area contributed by atoms with Crippen molar-refractivity contribution in [2.75, 3.05) is 55.3 Å². The number of halogens is 1. The van der Waals surface area contributed by atoms with E-state index in [4.69, 9.17) is 26.8 Å². The number of nitrogens with two attached hydrogens (primary N) is 1. The van der Waals surface area contributed by atoms with E-state index in [0.29, 0.717) is 56.7 Å². The monoisotopic (exact) mass is 412 g/mol. The quantitative estimate of drug-likeness (QED) is 0.729. The van der Waals surface area contributed by atoms with E-state index in [9.17, 15) is 4.79 Å². The van der Waals surface area contributed by atoms with Gasteiger partial charge < -0.3 is 30.3 Å². The van der Waals surface area contributed by atoms with Crippen molar-refractivity contribution in [1.29, 1.82) is 0 Å². The van der Waals surface area contributed by atoms with Crippen LogP contribution in [0, 0.1) is 0 Å². The van der Waals surface area contributed by atoms with Crippen LogP contribution in [0.2, 0.25) is 5.28 Å². The summed E-state index contributed by atoms with van der Waals surface area (Å²) in [5.41, 5.74) is 6.33. The molecule has 1 aromatic heterocycles. The molecule has 1 amide bonds. The number of hydrogen-bond acceptors (Lipinski definition) is 8. The fourth-order valence-electron chi connectivity index (χ4n) is 3.28. The summed E-state index contributed by atoms with van der Waals surface area (Å²) < 4.78 is 10.8. The van der Waals surface area contributed by atoms with Gasteiger partial charge in [0.1, 0.15) is 11.3 Å². The molecular formula is C18H29ClN6O3. The van der Waals surface area contributed by atoms with Gasteiger partial charge in [-0.05, 0) is 45.2 Å². The molecule has 3 heterocycles. The van der Waals surface area contributed by atoms with Gasteiger partial charge >= 0.3 is 6.09 Å². The van der Waals surface area contributed by atoms with Crippen LogP contribution in [0.4, 0.5) is 22.1 Å². The van der Waals surface area contributed by atoms with Crippen molar-refractivity contribution in [2.24, 2.45) is 0 Å². The molecule has 10 heteroatoms. The zero-order chi connectivity index (χ0) is 20.3. The largest absolute Gasteiger partial charge is 0.444 e. The van der Waals surface area contributed by atoms with Gasteiger partial charge in [-0.1, -0.05) is 0 Å². The molecule has 0 bridgehead atoms. The first-order valence-corrected chi connectivity index (χ1v) is 10.0. The highest BCUT2D eigenvalue weighted by molar-refractivity contribution is 6.28. The van der Waals surface area contributed by atoms with E-state index in [1.54, 1.807) is 4.90 Å². The summed E-state index contributed by atoms with van der Waals surface area (Å²) >= 11 is 6.14. The lowest BCUT2D eigenvalue weighted by molar-refractivity contribution is 0.0210. The summed E-state index contributed by atoms with van der Waals surface area (Å²) in [4.78, 5) is 24.6. The van der Waals surface area contributed by atoms with Crippen LogP contribution in [0.15, 0.2) is 0 Å². The number of rotatable bonds is 3. The van der Waals surface area contributed by atoms with Gasteiger partial charge in [-0.2, -0.15) is 9.97 Å². The second-order valence-electron chi connectivity index (χ2n) is 8.06. The summed E-state index contributed by atoms with van der Waals surface area (Å²) in [6.07, 6.45) is 1.27. The van der Waals surface area contributed by atoms with E-state index in [1.165, 1.54) is 0 Å². The van der Waals surface area contributed by atoms with Crippen molar-refractivity contribution < 1.29 is 14.3 Å². The van der Waals surface area contributed by atoms with Gasteiger partial charge in [0, 0.05) is 32.2 Å². The average molecular weight is 413 g/mol. The number of piperidine rings is 1. The van der Waals surface area contributed by atoms with E-state index in [1.807, 2.05) is 20.8 Å². The number of aromatic nitrogens is 2. The number of morpholine rings is 1. The number of carbonyl (C=O) groups is 1. The standard InChI is InChI=1S/C18H29ClN6O3/c1-18(2,3)28-17(26)25-6-4-12(5-7-25)21-14-13(20)15(23-16(19)22-14)24-8-10-27-11-9-24/h12H,4-11,20H2,1-3H3,(H,21,22,23). The van der Waals surface area contributed by atoms with Crippen molar-refractivity contribution in [3.05, 3.63) is 5.28 Å². The molecule has 9 nitrogen and oxygen atoms in total. The van der Waals surface area contributed by atoms with E-state index >= 15 is 0 Å². The van der Waals surface area contributed by atoms with E-state index in [-0.39, 0.29) is 17.4 Å². The molecule has 0 saturated carbocycles. The minimum atomic E-state index is -0.492. The summed E-state index contributed by atoms with van der Waals surface area (Å²) in [5, 5.41) is 3.54. The van der Waals surface area contributed by atoms with E-state index in [0.717, 1.165) is 12.8 Å². The summed E-state index contributed by atoms with van der Waals surface area (Å²) in [7, 11) is 0. The maximum absolute atomic E-state index is 12.2. The smallest absolute Gasteiger partial charge is 0.410 e. The second-order valence-corrected chi connectivity index (χ2v) is 8.40. The molecule has 0 atom stereocenters. The fourth-order valence-corrected chi connectivity index (χ4v) is 3.45. The number of carbonyl (C=O) groups excluding carboxylic acids is 1. The highest BCUT2D eigenvalue weighted by atomic mass is 35.5. The molecule has 2 aliphatic heterocycles. The third-order valence-electron chi connectivity index (χ3n) is 4.70. The highest BCUT2D eigenvalue weighted by Crippen LogP contribution is 2.30. The number of nitrogens with one attached hydrogen (secondary N) is 1. The molecule has 28 heavy (non-hydrogen) atoms. The van der Waals surface area contributed by atoms with Crippen LogP contribution in [-0.2, 0) is 9.47 Å². The maximum atomic E-state index is 12.2. The van der Waals surface area contributed by atoms with Crippen LogP contribution in [-0.4, -0.2) is 72.0 Å². The maximum Gasteiger partial charge on any atom is 0.410 e. The third-order valence-corrected chi connectivity index (χ3v) is 4.87. The first kappa shape index (κ1) is 20.7. The second kappa shape index (κ2) is 8.57. The van der Waals surface area contributed by atoms with Crippen LogP contribution < -0.4 is 16.0 Å². The Morgan fingerprint density at radius 1 is 1.21 bits per heavy atom. The lowest BCUT2D eigenvalue weighted by Crippen LogP contribution is -2.44. The summed E-state index contributed by atoms with van der Waals surface area (Å²) in [6, 6.07) is 0.143. The Bertz CT molecular complexity index is 697. The number of hydrogen-bond donors (Lipinski definition) is 2. The number of nitrogens with zero attached hydrogens (tertiary/aromatic N) is 4. The number of amides is 1. The zero-order valence-electron chi connectivity index (χ0n) is 16.7. The van der Waals surface area contributed by atoms with Crippen molar-refractivity contribution in [3.8, 4) is 0 Å². The first-order valence-electron chi connectivity index (χ1n) is 9.63. The average Bonchev–Trinajstić information content (AvgIpc) is 2.64. The Balaban J connectivity index is 1.62. The lowest BCUT2D eigenvalue weighted by Gasteiger charge is -2.34. The van der Waals surface area contributed by atoms with Crippen LogP contribution in [0.1, 0.15) is 33.6 Å². The van der Waals surface area contributed by atoms with Gasteiger partial charge in [-0.3, -0.25) is 0 Å². The molecule has 2 saturated heterocycles. The van der Waals surface area contributed by atoms with Gasteiger partial charge in [0.15, 0.2) is 11.6 Å². The lowest BCUT2D eigenvalue weighted by atomic mass is 10.1. The number of likely N-dealkylation sites (tertiary alicyclic amines) is 1. The Hall–Kier alpha value is -2.00. The van der Waals surface area contributed by atoms with Crippen molar-refractivity contribution in [2.45, 2.75) is 45.3 Å². The van der Waals surface area contributed by atoms with Gasteiger partial charge in [0.2, 0.25) is 5.28 Å². The van der Waals surface area contributed by atoms with Crippen molar-refractivity contribution in [1.82, 2.24) is 14.9 Å². The Morgan fingerprint density at radius 2 is 1.86 bits per heavy atom. The molecule has 3 N–H and O–H groups in total. The predicted octanol–water partition coefficient (Wildman–Crippen LogP) is 2.36. The van der Waals surface area contributed by atoms with Crippen LogP contribution >= 0.6 is 11.6 Å². The Morgan fingerprint density at radius 3 is 2.46 bits per heavy atom. The SMILES string of the molecule is CC(C)(C)OC(=O)N1CCC(Nc2nc(Cl)nc(N3CCOCC3)c2N)CC1. The van der Waals surface area contributed by atoms with Gasteiger partial charge in [-0.25, -0.2) is 4.79 Å². The molecule has 0 aliphatic carbocycles. The van der Waals surface area contributed by atoms with Gasteiger partial charge in [0.25, 0.3) is 0 Å². The molecule has 2 aliphatic rings.